The van der Waals surface area contributed by atoms with Crippen LogP contribution in [-0.4, -0.2) is 24.1 Å². The average Bonchev–Trinajstić information content (AvgIpc) is 2.57. The standard InChI is InChI=1S/C24H36O3/c1-16(2)9-8-10-19(7)11-12-27-15-23(25)20-13-21(17(3)4)24(26)22(14-20)18(5)6/h9,11,13-14,17-18,26H,8,10,12,15H2,1-7H3. The molecule has 0 radical (unpaired) electrons. The molecule has 0 saturated heterocycles. The molecule has 0 unspecified atom stereocenters. The van der Waals surface area contributed by atoms with Crippen LogP contribution in [0.15, 0.2) is 35.4 Å². The fraction of sp³-hybridized carbons (Fsp3) is 0.542. The minimum Gasteiger partial charge on any atom is -0.507 e. The summed E-state index contributed by atoms with van der Waals surface area (Å²) in [6.07, 6.45) is 6.32. The molecule has 3 heteroatoms. The monoisotopic (exact) mass is 372 g/mol. The van der Waals surface area contributed by atoms with Crippen molar-refractivity contribution < 1.29 is 14.6 Å². The van der Waals surface area contributed by atoms with Crippen molar-refractivity contribution in [2.24, 2.45) is 0 Å². The van der Waals surface area contributed by atoms with Gasteiger partial charge in [0.1, 0.15) is 12.4 Å². The minimum absolute atomic E-state index is 0.0469. The van der Waals surface area contributed by atoms with Crippen LogP contribution < -0.4 is 0 Å². The Hall–Kier alpha value is -1.87. The van der Waals surface area contributed by atoms with Crippen LogP contribution in [0, 0.1) is 0 Å². The fourth-order valence-electron chi connectivity index (χ4n) is 2.85. The molecule has 0 aliphatic carbocycles. The summed E-state index contributed by atoms with van der Waals surface area (Å²) in [6, 6.07) is 3.61. The van der Waals surface area contributed by atoms with Crippen LogP contribution in [0.1, 0.15) is 94.6 Å². The molecule has 27 heavy (non-hydrogen) atoms. The van der Waals surface area contributed by atoms with Gasteiger partial charge in [-0.25, -0.2) is 0 Å². The van der Waals surface area contributed by atoms with E-state index in [4.69, 9.17) is 4.74 Å². The lowest BCUT2D eigenvalue weighted by Crippen LogP contribution is -2.11. The molecule has 1 rings (SSSR count). The van der Waals surface area contributed by atoms with Crippen molar-refractivity contribution in [1.82, 2.24) is 0 Å². The molecule has 0 aromatic heterocycles. The normalized spacial score (nSPS) is 12.0. The topological polar surface area (TPSA) is 46.5 Å². The number of phenols is 1. The summed E-state index contributed by atoms with van der Waals surface area (Å²) in [5, 5.41) is 10.5. The Morgan fingerprint density at radius 3 is 2.07 bits per heavy atom. The van der Waals surface area contributed by atoms with Crippen molar-refractivity contribution in [3.63, 3.8) is 0 Å². The number of allylic oxidation sites excluding steroid dienone is 3. The SMILES string of the molecule is CC(C)=CCCC(C)=CCOCC(=O)c1cc(C(C)C)c(O)c(C(C)C)c1. The number of rotatable bonds is 10. The first-order valence-electron chi connectivity index (χ1n) is 9.90. The van der Waals surface area contributed by atoms with E-state index in [1.165, 1.54) is 11.1 Å². The van der Waals surface area contributed by atoms with Gasteiger partial charge < -0.3 is 9.84 Å². The zero-order chi connectivity index (χ0) is 20.6. The van der Waals surface area contributed by atoms with Crippen molar-refractivity contribution in [2.45, 2.75) is 73.1 Å². The number of carbonyl (C=O) groups is 1. The van der Waals surface area contributed by atoms with E-state index in [2.05, 4.69) is 26.8 Å². The zero-order valence-corrected chi connectivity index (χ0v) is 18.1. The van der Waals surface area contributed by atoms with Crippen LogP contribution in [0.5, 0.6) is 5.75 Å². The molecule has 1 aromatic carbocycles. The highest BCUT2D eigenvalue weighted by atomic mass is 16.5. The highest BCUT2D eigenvalue weighted by molar-refractivity contribution is 5.97. The average molecular weight is 373 g/mol. The van der Waals surface area contributed by atoms with E-state index < -0.39 is 0 Å². The molecule has 3 nitrogen and oxygen atoms in total. The molecule has 1 N–H and O–H groups in total. The minimum atomic E-state index is -0.0469. The molecule has 0 amide bonds. The molecule has 0 bridgehead atoms. The van der Waals surface area contributed by atoms with Crippen molar-refractivity contribution in [2.75, 3.05) is 13.2 Å². The Morgan fingerprint density at radius 1 is 1.04 bits per heavy atom. The Kier molecular flexibility index (Phi) is 9.51. The van der Waals surface area contributed by atoms with Gasteiger partial charge in [0.15, 0.2) is 5.78 Å². The van der Waals surface area contributed by atoms with Crippen LogP contribution in [0.3, 0.4) is 0 Å². The van der Waals surface area contributed by atoms with E-state index in [1.807, 2.05) is 33.8 Å². The lowest BCUT2D eigenvalue weighted by Gasteiger charge is -2.17. The van der Waals surface area contributed by atoms with Crippen molar-refractivity contribution in [3.8, 4) is 5.75 Å². The van der Waals surface area contributed by atoms with Gasteiger partial charge in [0.25, 0.3) is 0 Å². The first-order valence-corrected chi connectivity index (χ1v) is 9.90. The van der Waals surface area contributed by atoms with Gasteiger partial charge in [0.2, 0.25) is 0 Å². The van der Waals surface area contributed by atoms with Gasteiger partial charge >= 0.3 is 0 Å². The summed E-state index contributed by atoms with van der Waals surface area (Å²) >= 11 is 0. The van der Waals surface area contributed by atoms with Gasteiger partial charge in [-0.3, -0.25) is 4.79 Å². The molecular formula is C24H36O3. The summed E-state index contributed by atoms with van der Waals surface area (Å²) in [7, 11) is 0. The molecule has 150 valence electrons. The first kappa shape index (κ1) is 23.2. The van der Waals surface area contributed by atoms with E-state index in [1.54, 1.807) is 12.1 Å². The van der Waals surface area contributed by atoms with Crippen molar-refractivity contribution in [3.05, 3.63) is 52.1 Å². The second-order valence-corrected chi connectivity index (χ2v) is 8.12. The number of carbonyl (C=O) groups excluding carboxylic acids is 1. The van der Waals surface area contributed by atoms with E-state index in [-0.39, 0.29) is 24.2 Å². The van der Waals surface area contributed by atoms with Crippen LogP contribution >= 0.6 is 0 Å². The van der Waals surface area contributed by atoms with Gasteiger partial charge in [-0.05, 0) is 68.7 Å². The lowest BCUT2D eigenvalue weighted by atomic mass is 9.90. The maximum Gasteiger partial charge on any atom is 0.188 e. The number of aromatic hydroxyl groups is 1. The second kappa shape index (κ2) is 11.1. The smallest absolute Gasteiger partial charge is 0.188 e. The van der Waals surface area contributed by atoms with Crippen LogP contribution in [0.25, 0.3) is 0 Å². The number of ether oxygens (including phenoxy) is 1. The predicted molar refractivity (Wildman–Crippen MR) is 114 cm³/mol. The highest BCUT2D eigenvalue weighted by Gasteiger charge is 2.18. The molecule has 0 fully saturated rings. The Labute approximate surface area is 165 Å². The van der Waals surface area contributed by atoms with E-state index in [0.717, 1.165) is 24.0 Å². The third kappa shape index (κ3) is 7.72. The Balaban J connectivity index is 2.71. The number of Topliss-reactive ketones (excluding diaryl/α,β-unsaturated/α-hetero) is 1. The molecule has 0 atom stereocenters. The van der Waals surface area contributed by atoms with Gasteiger partial charge in [-0.1, -0.05) is 51.0 Å². The highest BCUT2D eigenvalue weighted by Crippen LogP contribution is 2.34. The molecule has 0 aliphatic heterocycles. The quantitative estimate of drug-likeness (QED) is 0.288. The van der Waals surface area contributed by atoms with Crippen molar-refractivity contribution >= 4 is 5.78 Å². The van der Waals surface area contributed by atoms with E-state index in [9.17, 15) is 9.90 Å². The number of hydrogen-bond donors (Lipinski definition) is 1. The van der Waals surface area contributed by atoms with Crippen LogP contribution in [-0.2, 0) is 4.74 Å². The third-order valence-corrected chi connectivity index (χ3v) is 4.61. The molecule has 0 saturated carbocycles. The lowest BCUT2D eigenvalue weighted by molar-refractivity contribution is 0.0805. The number of benzene rings is 1. The predicted octanol–water partition coefficient (Wildman–Crippen LogP) is 6.53. The van der Waals surface area contributed by atoms with Gasteiger partial charge in [-0.15, -0.1) is 0 Å². The molecular weight excluding hydrogens is 336 g/mol. The first-order chi connectivity index (χ1) is 12.6. The van der Waals surface area contributed by atoms with Crippen LogP contribution in [0.4, 0.5) is 0 Å². The maximum absolute atomic E-state index is 12.6. The van der Waals surface area contributed by atoms with E-state index >= 15 is 0 Å². The summed E-state index contributed by atoms with van der Waals surface area (Å²) in [5.74, 6) is 0.576. The van der Waals surface area contributed by atoms with Gasteiger partial charge in [0, 0.05) is 5.56 Å². The summed E-state index contributed by atoms with van der Waals surface area (Å²) < 4.78 is 5.58. The van der Waals surface area contributed by atoms with Gasteiger partial charge in [-0.2, -0.15) is 0 Å². The number of ketones is 1. The molecule has 0 heterocycles. The Bertz CT molecular complexity index is 661. The fourth-order valence-corrected chi connectivity index (χ4v) is 2.85. The van der Waals surface area contributed by atoms with Crippen molar-refractivity contribution in [1.29, 1.82) is 0 Å². The third-order valence-electron chi connectivity index (χ3n) is 4.61. The van der Waals surface area contributed by atoms with Gasteiger partial charge in [0.05, 0.1) is 6.61 Å². The number of hydrogen-bond acceptors (Lipinski definition) is 3. The van der Waals surface area contributed by atoms with E-state index in [0.29, 0.717) is 17.9 Å². The second-order valence-electron chi connectivity index (χ2n) is 8.12. The molecule has 1 aromatic rings. The molecule has 0 aliphatic rings. The summed E-state index contributed by atoms with van der Waals surface area (Å²) in [5.41, 5.74) is 4.86. The van der Waals surface area contributed by atoms with Crippen LogP contribution in [0.2, 0.25) is 0 Å². The molecule has 0 spiro atoms. The maximum atomic E-state index is 12.6. The Morgan fingerprint density at radius 2 is 1.59 bits per heavy atom. The summed E-state index contributed by atoms with van der Waals surface area (Å²) in [6.45, 7) is 14.9. The number of phenolic OH excluding ortho intramolecular Hbond substituents is 1. The zero-order valence-electron chi connectivity index (χ0n) is 18.1. The summed E-state index contributed by atoms with van der Waals surface area (Å²) in [4.78, 5) is 12.6. The largest absolute Gasteiger partial charge is 0.507 e.